The first kappa shape index (κ1) is 27.7. The number of para-hydroxylation sites is 1. The molecule has 0 N–H and O–H groups in total. The van der Waals surface area contributed by atoms with E-state index in [4.69, 9.17) is 0 Å². The molecule has 0 unspecified atom stereocenters. The van der Waals surface area contributed by atoms with Crippen LogP contribution in [0.3, 0.4) is 0 Å². The maximum atomic E-state index is 4.54. The molecule has 0 fully saturated rings. The number of fused-ring (bicyclic) bond motifs is 6. The maximum Gasteiger partial charge on any atom is 0.0517 e. The second-order valence-corrected chi connectivity index (χ2v) is 10.5. The van der Waals surface area contributed by atoms with Crippen molar-refractivity contribution in [3.05, 3.63) is 164 Å². The molecule has 0 aliphatic rings. The van der Waals surface area contributed by atoms with Crippen LogP contribution in [0.2, 0.25) is 0 Å². The summed E-state index contributed by atoms with van der Waals surface area (Å²) in [6.45, 7) is 0. The van der Waals surface area contributed by atoms with Crippen molar-refractivity contribution in [1.29, 1.82) is 0 Å². The number of nitrogens with zero attached hydrogens (tertiary/aromatic N) is 3. The molecule has 0 saturated carbocycles. The number of pyridine rings is 2. The molecule has 3 nitrogen and oxygen atoms in total. The van der Waals surface area contributed by atoms with Gasteiger partial charge in [-0.2, -0.15) is 0 Å². The second kappa shape index (κ2) is 11.9. The maximum absolute atomic E-state index is 4.54. The van der Waals surface area contributed by atoms with Crippen molar-refractivity contribution in [3.63, 3.8) is 0 Å². The van der Waals surface area contributed by atoms with Gasteiger partial charge in [0.15, 0.2) is 0 Å². The third-order valence-electron chi connectivity index (χ3n) is 7.93. The molecule has 4 heteroatoms. The Morgan fingerprint density at radius 2 is 1.14 bits per heavy atom. The molecule has 211 valence electrons. The zero-order valence-corrected chi connectivity index (χ0v) is 26.0. The molecule has 4 heterocycles. The molecule has 5 aromatic carbocycles. The van der Waals surface area contributed by atoms with Crippen LogP contribution in [0.1, 0.15) is 0 Å². The summed E-state index contributed by atoms with van der Waals surface area (Å²) in [6, 6.07) is 54.6. The van der Waals surface area contributed by atoms with Crippen LogP contribution in [0.25, 0.3) is 71.7 Å². The largest absolute Gasteiger partial charge is 0.350 e. The Bertz CT molecular complexity index is 2280. The Hall–Kier alpha value is -5.15. The molecule has 9 aromatic rings. The van der Waals surface area contributed by atoms with E-state index in [0.717, 1.165) is 22.5 Å². The molecule has 0 aliphatic carbocycles. The normalized spacial score (nSPS) is 11.0. The Kier molecular flexibility index (Phi) is 7.45. The fourth-order valence-electron chi connectivity index (χ4n) is 5.98. The van der Waals surface area contributed by atoms with E-state index in [0.29, 0.717) is 0 Å². The van der Waals surface area contributed by atoms with Gasteiger partial charge in [0.2, 0.25) is 0 Å². The standard InChI is InChI=1S/C29H17N2.C11H8N.Ir/c1-2-8-19(9-3-1)21-17-24-22-10-4-5-12-27(22)31-28-14-13-20(26-11-6-7-15-30-26)16-23(28)25(18-21)29(24)31;1-2-6-10(7-3-1)11-8-4-5-9-12-11;/h1-12,14-18H;1-6,8-9H;/q2*-1;. The van der Waals surface area contributed by atoms with Gasteiger partial charge in [0.05, 0.1) is 5.52 Å². The van der Waals surface area contributed by atoms with Crippen LogP contribution in [0.15, 0.2) is 152 Å². The van der Waals surface area contributed by atoms with Crippen LogP contribution in [-0.4, -0.2) is 14.4 Å². The van der Waals surface area contributed by atoms with Gasteiger partial charge in [0.25, 0.3) is 0 Å². The fraction of sp³-hybridized carbons (Fsp3) is 0. The van der Waals surface area contributed by atoms with Crippen LogP contribution in [0.4, 0.5) is 0 Å². The summed E-state index contributed by atoms with van der Waals surface area (Å²) in [6.07, 6.45) is 3.62. The minimum atomic E-state index is 0. The van der Waals surface area contributed by atoms with Gasteiger partial charge in [0, 0.05) is 48.8 Å². The molecule has 1 radical (unpaired) electrons. The zero-order chi connectivity index (χ0) is 28.6. The predicted octanol–water partition coefficient (Wildman–Crippen LogP) is 9.91. The smallest absolute Gasteiger partial charge is 0.0517 e. The molecule has 0 saturated heterocycles. The van der Waals surface area contributed by atoms with Gasteiger partial charge in [-0.25, -0.2) is 0 Å². The molecule has 0 atom stereocenters. The van der Waals surface area contributed by atoms with E-state index in [-0.39, 0.29) is 20.1 Å². The monoisotopic (exact) mass is 740 g/mol. The molecule has 4 aromatic heterocycles. The number of hydrogen-bond acceptors (Lipinski definition) is 2. The molecular formula is C40H25IrN3-2. The SMILES string of the molecule is [Ir].[c-]1cc2c(cc1-c1ccccn1)c1cc(-c3ccccc3)cc3c4ccccc4n2c13.[c-]1ccccc1-c1ccccn1. The number of hydrogen-bond donors (Lipinski definition) is 0. The van der Waals surface area contributed by atoms with E-state index in [2.05, 4.69) is 105 Å². The zero-order valence-electron chi connectivity index (χ0n) is 23.6. The summed E-state index contributed by atoms with van der Waals surface area (Å²) < 4.78 is 2.39. The van der Waals surface area contributed by atoms with Crippen LogP contribution in [0.5, 0.6) is 0 Å². The Balaban J connectivity index is 0.000000203. The van der Waals surface area contributed by atoms with Gasteiger partial charge in [-0.3, -0.25) is 0 Å². The quantitative estimate of drug-likeness (QED) is 0.169. The molecule has 9 rings (SSSR count). The van der Waals surface area contributed by atoms with Crippen molar-refractivity contribution < 1.29 is 20.1 Å². The van der Waals surface area contributed by atoms with Crippen molar-refractivity contribution in [1.82, 2.24) is 14.4 Å². The average Bonchev–Trinajstić information content (AvgIpc) is 3.61. The second-order valence-electron chi connectivity index (χ2n) is 10.5. The number of aromatic nitrogens is 3. The Labute approximate surface area is 269 Å². The number of rotatable bonds is 3. The first-order valence-electron chi connectivity index (χ1n) is 14.3. The van der Waals surface area contributed by atoms with E-state index in [1.54, 1.807) is 6.20 Å². The minimum absolute atomic E-state index is 0. The third kappa shape index (κ3) is 4.85. The van der Waals surface area contributed by atoms with Gasteiger partial charge in [-0.15, -0.1) is 59.7 Å². The average molecular weight is 740 g/mol. The van der Waals surface area contributed by atoms with Crippen LogP contribution in [-0.2, 0) is 20.1 Å². The van der Waals surface area contributed by atoms with Crippen molar-refractivity contribution in [2.45, 2.75) is 0 Å². The molecule has 44 heavy (non-hydrogen) atoms. The third-order valence-corrected chi connectivity index (χ3v) is 7.93. The summed E-state index contributed by atoms with van der Waals surface area (Å²) in [5.74, 6) is 0. The number of benzene rings is 5. The summed E-state index contributed by atoms with van der Waals surface area (Å²) in [5, 5.41) is 5.09. The van der Waals surface area contributed by atoms with Gasteiger partial charge < -0.3 is 14.4 Å². The van der Waals surface area contributed by atoms with Crippen LogP contribution in [0, 0.1) is 12.1 Å². The molecule has 0 aliphatic heterocycles. The summed E-state index contributed by atoms with van der Waals surface area (Å²) in [7, 11) is 0. The topological polar surface area (TPSA) is 30.2 Å². The Morgan fingerprint density at radius 1 is 0.477 bits per heavy atom. The van der Waals surface area contributed by atoms with Crippen LogP contribution >= 0.6 is 0 Å². The van der Waals surface area contributed by atoms with Gasteiger partial charge in [-0.05, 0) is 63.7 Å². The van der Waals surface area contributed by atoms with E-state index in [1.165, 1.54) is 49.2 Å². The van der Waals surface area contributed by atoms with Gasteiger partial charge in [-0.1, -0.05) is 78.2 Å². The van der Waals surface area contributed by atoms with Crippen molar-refractivity contribution in [3.8, 4) is 33.6 Å². The first-order chi connectivity index (χ1) is 21.3. The van der Waals surface area contributed by atoms with E-state index < -0.39 is 0 Å². The van der Waals surface area contributed by atoms with Crippen molar-refractivity contribution in [2.75, 3.05) is 0 Å². The van der Waals surface area contributed by atoms with E-state index in [1.807, 2.05) is 66.9 Å². The summed E-state index contributed by atoms with van der Waals surface area (Å²) in [5.41, 5.74) is 10.2. The minimum Gasteiger partial charge on any atom is -0.350 e. The first-order valence-corrected chi connectivity index (χ1v) is 14.3. The van der Waals surface area contributed by atoms with Crippen LogP contribution < -0.4 is 0 Å². The molecule has 0 amide bonds. The van der Waals surface area contributed by atoms with E-state index in [9.17, 15) is 0 Å². The van der Waals surface area contributed by atoms with Crippen molar-refractivity contribution in [2.24, 2.45) is 0 Å². The summed E-state index contributed by atoms with van der Waals surface area (Å²) in [4.78, 5) is 8.75. The van der Waals surface area contributed by atoms with Gasteiger partial charge in [0.1, 0.15) is 0 Å². The van der Waals surface area contributed by atoms with E-state index >= 15 is 0 Å². The molecule has 0 spiro atoms. The van der Waals surface area contributed by atoms with Crippen molar-refractivity contribution >= 4 is 38.1 Å². The predicted molar refractivity (Wildman–Crippen MR) is 177 cm³/mol. The molecular weight excluding hydrogens is 715 g/mol. The fourth-order valence-corrected chi connectivity index (χ4v) is 5.98. The summed E-state index contributed by atoms with van der Waals surface area (Å²) >= 11 is 0. The van der Waals surface area contributed by atoms with Gasteiger partial charge >= 0.3 is 0 Å². The Morgan fingerprint density at radius 3 is 1.84 bits per heavy atom. The molecule has 0 bridgehead atoms.